The number of aromatic nitrogens is 1. The molecule has 3 saturated heterocycles. The lowest BCUT2D eigenvalue weighted by molar-refractivity contribution is -0.137. The molecule has 4 heterocycles. The van der Waals surface area contributed by atoms with Crippen molar-refractivity contribution in [1.82, 2.24) is 19.1 Å². The Kier molecular flexibility index (Phi) is 9.68. The molecule has 42 heavy (non-hydrogen) atoms. The van der Waals surface area contributed by atoms with Crippen LogP contribution < -0.4 is 0 Å². The molecule has 8 nitrogen and oxygen atoms in total. The number of carbonyl (C=O) groups is 1. The minimum atomic E-state index is -4.67. The second-order valence-electron chi connectivity index (χ2n) is 11.5. The molecule has 3 aliphatic heterocycles. The fraction of sp³-hybridized carbons (Fsp3) is 0.600. The van der Waals surface area contributed by atoms with Crippen LogP contribution in [0.1, 0.15) is 56.1 Å². The van der Waals surface area contributed by atoms with Gasteiger partial charge in [0, 0.05) is 44.1 Å². The van der Waals surface area contributed by atoms with Crippen LogP contribution in [0, 0.1) is 0 Å². The second-order valence-corrected chi connectivity index (χ2v) is 13.4. The Morgan fingerprint density at radius 1 is 0.976 bits per heavy atom. The second kappa shape index (κ2) is 13.1. The van der Waals surface area contributed by atoms with E-state index in [1.54, 1.807) is 6.20 Å². The van der Waals surface area contributed by atoms with Crippen molar-refractivity contribution in [2.24, 2.45) is 0 Å². The largest absolute Gasteiger partial charge is 0.416 e. The number of piperidine rings is 2. The maximum Gasteiger partial charge on any atom is 0.416 e. The molecule has 1 aromatic carbocycles. The van der Waals surface area contributed by atoms with Crippen molar-refractivity contribution in [3.8, 4) is 0 Å². The van der Waals surface area contributed by atoms with Crippen molar-refractivity contribution in [2.45, 2.75) is 67.7 Å². The molecule has 0 N–H and O–H groups in total. The maximum absolute atomic E-state index is 13.6. The lowest BCUT2D eigenvalue weighted by Crippen LogP contribution is -2.52. The van der Waals surface area contributed by atoms with E-state index in [9.17, 15) is 26.4 Å². The van der Waals surface area contributed by atoms with Gasteiger partial charge in [0.1, 0.15) is 0 Å². The van der Waals surface area contributed by atoms with E-state index in [0.29, 0.717) is 57.9 Å². The third-order valence-corrected chi connectivity index (χ3v) is 10.7. The van der Waals surface area contributed by atoms with Crippen LogP contribution in [0.15, 0.2) is 53.7 Å². The lowest BCUT2D eigenvalue weighted by atomic mass is 9.84. The Balaban J connectivity index is 1.25. The molecule has 0 saturated carbocycles. The summed E-state index contributed by atoms with van der Waals surface area (Å²) in [6.45, 7) is 5.05. The normalized spacial score (nSPS) is 22.8. The van der Waals surface area contributed by atoms with E-state index in [4.69, 9.17) is 4.74 Å². The van der Waals surface area contributed by atoms with E-state index in [-0.39, 0.29) is 18.9 Å². The molecule has 0 spiro atoms. The van der Waals surface area contributed by atoms with Crippen molar-refractivity contribution in [2.75, 3.05) is 52.4 Å². The molecular weight excluding hydrogens is 569 g/mol. The Labute approximate surface area is 245 Å². The fourth-order valence-corrected chi connectivity index (χ4v) is 8.13. The number of alkyl halides is 3. The first-order valence-electron chi connectivity index (χ1n) is 14.8. The van der Waals surface area contributed by atoms with Crippen molar-refractivity contribution in [3.63, 3.8) is 0 Å². The summed E-state index contributed by atoms with van der Waals surface area (Å²) < 4.78 is 74.5. The highest BCUT2D eigenvalue weighted by atomic mass is 32.2. The molecule has 5 rings (SSSR count). The van der Waals surface area contributed by atoms with E-state index in [1.807, 2.05) is 23.2 Å². The van der Waals surface area contributed by atoms with Gasteiger partial charge >= 0.3 is 6.18 Å². The zero-order valence-electron chi connectivity index (χ0n) is 23.8. The Bertz CT molecular complexity index is 1310. The minimum Gasteiger partial charge on any atom is -0.369 e. The number of benzene rings is 1. The number of ketones is 1. The van der Waals surface area contributed by atoms with Crippen LogP contribution in [0.4, 0.5) is 13.2 Å². The zero-order valence-corrected chi connectivity index (χ0v) is 24.6. The van der Waals surface area contributed by atoms with Gasteiger partial charge in [-0.25, -0.2) is 8.42 Å². The quantitative estimate of drug-likeness (QED) is 0.398. The number of likely N-dealkylation sites (tertiary alicyclic amines) is 2. The van der Waals surface area contributed by atoms with Crippen LogP contribution in [0.25, 0.3) is 0 Å². The number of nitrogens with zero attached hydrogens (tertiary/aromatic N) is 4. The molecule has 230 valence electrons. The molecule has 2 aromatic rings. The number of sulfonamides is 1. The van der Waals surface area contributed by atoms with Gasteiger partial charge in [0.15, 0.2) is 5.78 Å². The van der Waals surface area contributed by atoms with Crippen LogP contribution in [0.2, 0.25) is 0 Å². The van der Waals surface area contributed by atoms with Gasteiger partial charge in [0.2, 0.25) is 10.0 Å². The first-order valence-corrected chi connectivity index (χ1v) is 16.2. The zero-order chi connectivity index (χ0) is 29.8. The Morgan fingerprint density at radius 3 is 2.40 bits per heavy atom. The molecule has 0 amide bonds. The van der Waals surface area contributed by atoms with Crippen molar-refractivity contribution < 1.29 is 31.1 Å². The standard InChI is InChI=1S/C30H39F3N4O4S/c31-30(32,33)24-7-5-9-26(21-24)42(39,40)37-16-2-1-10-27(37)28(38)23-36-17-11-29(12-18-36,25-8-6-13-34-22-25)41-20-19-35-14-3-4-15-35/h5-9,13,21-22,27H,1-4,10-12,14-20,23H2. The molecule has 1 unspecified atom stereocenters. The molecule has 0 aliphatic carbocycles. The van der Waals surface area contributed by atoms with E-state index in [0.717, 1.165) is 47.7 Å². The van der Waals surface area contributed by atoms with Crippen LogP contribution in [-0.4, -0.2) is 91.8 Å². The molecule has 3 fully saturated rings. The number of carbonyl (C=O) groups excluding carboxylic acids is 1. The summed E-state index contributed by atoms with van der Waals surface area (Å²) in [6, 6.07) is 6.77. The van der Waals surface area contributed by atoms with Gasteiger partial charge in [-0.15, -0.1) is 0 Å². The van der Waals surface area contributed by atoms with Crippen LogP contribution in [0.5, 0.6) is 0 Å². The predicted molar refractivity (Wildman–Crippen MR) is 151 cm³/mol. The topological polar surface area (TPSA) is 83.1 Å². The predicted octanol–water partition coefficient (Wildman–Crippen LogP) is 4.32. The molecule has 1 atom stereocenters. The smallest absolute Gasteiger partial charge is 0.369 e. The Morgan fingerprint density at radius 2 is 1.71 bits per heavy atom. The van der Waals surface area contributed by atoms with Crippen molar-refractivity contribution in [3.05, 3.63) is 59.9 Å². The number of rotatable bonds is 10. The van der Waals surface area contributed by atoms with E-state index < -0.39 is 38.3 Å². The fourth-order valence-electron chi connectivity index (χ4n) is 6.41. The number of hydrogen-bond donors (Lipinski definition) is 0. The average molecular weight is 609 g/mol. The van der Waals surface area contributed by atoms with Crippen molar-refractivity contribution in [1.29, 1.82) is 0 Å². The highest BCUT2D eigenvalue weighted by Crippen LogP contribution is 2.37. The van der Waals surface area contributed by atoms with E-state index >= 15 is 0 Å². The summed E-state index contributed by atoms with van der Waals surface area (Å²) in [4.78, 5) is 21.9. The molecule has 3 aliphatic rings. The summed E-state index contributed by atoms with van der Waals surface area (Å²) in [7, 11) is -4.29. The van der Waals surface area contributed by atoms with Gasteiger partial charge in [-0.1, -0.05) is 18.6 Å². The minimum absolute atomic E-state index is 0.0795. The molecule has 0 bridgehead atoms. The highest BCUT2D eigenvalue weighted by Gasteiger charge is 2.42. The molecule has 1 aromatic heterocycles. The number of hydrogen-bond acceptors (Lipinski definition) is 7. The average Bonchev–Trinajstić information content (AvgIpc) is 3.52. The lowest BCUT2D eigenvalue weighted by Gasteiger charge is -2.42. The number of Topliss-reactive ketones (excluding diaryl/α,β-unsaturated/α-hetero) is 1. The summed E-state index contributed by atoms with van der Waals surface area (Å²) in [5, 5.41) is 0. The number of pyridine rings is 1. The summed E-state index contributed by atoms with van der Waals surface area (Å²) in [6.07, 6.45) is 4.27. The molecule has 12 heteroatoms. The third kappa shape index (κ3) is 7.05. The van der Waals surface area contributed by atoms with Gasteiger partial charge in [0.25, 0.3) is 0 Å². The van der Waals surface area contributed by atoms with Crippen molar-refractivity contribution >= 4 is 15.8 Å². The molecule has 0 radical (unpaired) electrons. The van der Waals surface area contributed by atoms with Gasteiger partial charge in [-0.3, -0.25) is 14.7 Å². The highest BCUT2D eigenvalue weighted by molar-refractivity contribution is 7.89. The first kappa shape index (κ1) is 31.1. The van der Waals surface area contributed by atoms with Crippen LogP contribution in [0.3, 0.4) is 0 Å². The van der Waals surface area contributed by atoms with Gasteiger partial charge in [-0.05, 0) is 75.9 Å². The third-order valence-electron chi connectivity index (χ3n) is 8.81. The van der Waals surface area contributed by atoms with Gasteiger partial charge < -0.3 is 9.64 Å². The summed E-state index contributed by atoms with van der Waals surface area (Å²) in [5.41, 5.74) is -0.517. The number of ether oxygens (including phenoxy) is 1. The van der Waals surface area contributed by atoms with Gasteiger partial charge in [-0.2, -0.15) is 17.5 Å². The van der Waals surface area contributed by atoms with Gasteiger partial charge in [0.05, 0.1) is 35.3 Å². The summed E-state index contributed by atoms with van der Waals surface area (Å²) in [5.74, 6) is -0.228. The SMILES string of the molecule is O=C(CN1CCC(OCCN2CCCC2)(c2cccnc2)CC1)C1CCCCN1S(=O)(=O)c1cccc(C(F)(F)F)c1. The summed E-state index contributed by atoms with van der Waals surface area (Å²) >= 11 is 0. The maximum atomic E-state index is 13.6. The number of halogens is 3. The Hall–Kier alpha value is -2.38. The van der Waals surface area contributed by atoms with Crippen LogP contribution >= 0.6 is 0 Å². The van der Waals surface area contributed by atoms with E-state index in [2.05, 4.69) is 9.88 Å². The molecular formula is C30H39F3N4O4S. The first-order chi connectivity index (χ1) is 20.1. The monoisotopic (exact) mass is 608 g/mol. The van der Waals surface area contributed by atoms with E-state index in [1.165, 1.54) is 12.8 Å². The van der Waals surface area contributed by atoms with Crippen LogP contribution in [-0.2, 0) is 31.3 Å².